The summed E-state index contributed by atoms with van der Waals surface area (Å²) in [6.45, 7) is 16.7. The second-order valence-corrected chi connectivity index (χ2v) is 15.9. The number of nitrogens with one attached hydrogen (secondary N) is 1. The van der Waals surface area contributed by atoms with Crippen LogP contribution >= 0.6 is 0 Å². The van der Waals surface area contributed by atoms with E-state index < -0.39 is 0 Å². The summed E-state index contributed by atoms with van der Waals surface area (Å²) >= 11 is 0. The normalized spacial score (nSPS) is 54.2. The van der Waals surface area contributed by atoms with Crippen LogP contribution in [0.4, 0.5) is 4.79 Å². The zero-order valence-corrected chi connectivity index (χ0v) is 24.7. The summed E-state index contributed by atoms with van der Waals surface area (Å²) in [4.78, 5) is 12.2. The van der Waals surface area contributed by atoms with Crippen molar-refractivity contribution in [3.63, 3.8) is 0 Å². The SMILES string of the molecule is CNC(=O)OC(C(C)C)C1CC(C)C2C(CC3(C)C4CCC5C(C)(C)C(O)CCC56CC46CCC23C)O1. The molecule has 0 aromatic rings. The Morgan fingerprint density at radius 2 is 1.68 bits per heavy atom. The van der Waals surface area contributed by atoms with E-state index in [9.17, 15) is 9.90 Å². The first-order valence-electron chi connectivity index (χ1n) is 15.5. The lowest BCUT2D eigenvalue weighted by atomic mass is 9.41. The summed E-state index contributed by atoms with van der Waals surface area (Å²) in [5.74, 6) is 2.80. The van der Waals surface area contributed by atoms with Gasteiger partial charge in [0.25, 0.3) is 0 Å². The van der Waals surface area contributed by atoms with Gasteiger partial charge in [-0.3, -0.25) is 0 Å². The molecule has 0 aromatic carbocycles. The molecule has 2 spiro atoms. The number of ether oxygens (including phenoxy) is 2. The zero-order valence-electron chi connectivity index (χ0n) is 24.7. The van der Waals surface area contributed by atoms with Crippen LogP contribution in [0.1, 0.15) is 106 Å². The van der Waals surface area contributed by atoms with E-state index in [1.807, 2.05) is 0 Å². The van der Waals surface area contributed by atoms with Gasteiger partial charge in [-0.05, 0) is 114 Å². The van der Waals surface area contributed by atoms with Crippen LogP contribution in [0.3, 0.4) is 0 Å². The summed E-state index contributed by atoms with van der Waals surface area (Å²) < 4.78 is 12.9. The van der Waals surface area contributed by atoms with E-state index in [1.54, 1.807) is 7.05 Å². The molecule has 6 fully saturated rings. The molecule has 5 saturated carbocycles. The maximum absolute atomic E-state index is 12.2. The van der Waals surface area contributed by atoms with E-state index in [2.05, 4.69) is 53.8 Å². The summed E-state index contributed by atoms with van der Waals surface area (Å²) in [6, 6.07) is 0. The number of aliphatic hydroxyl groups excluding tert-OH is 1. The highest BCUT2D eigenvalue weighted by Gasteiger charge is 2.83. The number of amides is 1. The molecule has 12 unspecified atom stereocenters. The van der Waals surface area contributed by atoms with Crippen molar-refractivity contribution in [1.29, 1.82) is 0 Å². The molecule has 1 amide bonds. The van der Waals surface area contributed by atoms with Crippen molar-refractivity contribution in [1.82, 2.24) is 5.32 Å². The smallest absolute Gasteiger partial charge is 0.407 e. The summed E-state index contributed by atoms with van der Waals surface area (Å²) in [5, 5.41) is 13.6. The van der Waals surface area contributed by atoms with Crippen molar-refractivity contribution < 1.29 is 19.4 Å². The van der Waals surface area contributed by atoms with Gasteiger partial charge in [-0.15, -0.1) is 0 Å². The Morgan fingerprint density at radius 3 is 2.35 bits per heavy atom. The van der Waals surface area contributed by atoms with Gasteiger partial charge in [0.15, 0.2) is 0 Å². The van der Waals surface area contributed by atoms with Crippen LogP contribution in [0.2, 0.25) is 0 Å². The molecule has 210 valence electrons. The average molecular weight is 516 g/mol. The molecule has 12 atom stereocenters. The Bertz CT molecular complexity index is 949. The average Bonchev–Trinajstić information content (AvgIpc) is 3.43. The van der Waals surface area contributed by atoms with Crippen LogP contribution in [0, 0.1) is 56.7 Å². The highest BCUT2D eigenvalue weighted by Crippen LogP contribution is 2.89. The first-order valence-corrected chi connectivity index (χ1v) is 15.5. The Balaban J connectivity index is 1.29. The van der Waals surface area contributed by atoms with Crippen LogP contribution in [0.15, 0.2) is 0 Å². The minimum absolute atomic E-state index is 0.0292. The van der Waals surface area contributed by atoms with E-state index in [4.69, 9.17) is 9.47 Å². The molecule has 6 rings (SSSR count). The van der Waals surface area contributed by atoms with E-state index >= 15 is 0 Å². The number of carbonyl (C=O) groups excluding carboxylic acids is 1. The van der Waals surface area contributed by atoms with Crippen molar-refractivity contribution in [2.45, 2.75) is 131 Å². The molecule has 2 N–H and O–H groups in total. The van der Waals surface area contributed by atoms with E-state index in [0.717, 1.165) is 25.2 Å². The van der Waals surface area contributed by atoms with Crippen LogP contribution in [0.25, 0.3) is 0 Å². The van der Waals surface area contributed by atoms with Gasteiger partial charge in [0, 0.05) is 7.05 Å². The lowest BCUT2D eigenvalue weighted by Gasteiger charge is -2.63. The van der Waals surface area contributed by atoms with Crippen molar-refractivity contribution >= 4 is 6.09 Å². The third-order valence-electron chi connectivity index (χ3n) is 14.2. The molecule has 5 nitrogen and oxygen atoms in total. The molecule has 0 radical (unpaired) electrons. The number of carbonyl (C=O) groups is 1. The molecule has 0 aromatic heterocycles. The van der Waals surface area contributed by atoms with Gasteiger partial charge >= 0.3 is 6.09 Å². The third-order valence-corrected chi connectivity index (χ3v) is 14.2. The van der Waals surface area contributed by atoms with Crippen LogP contribution < -0.4 is 5.32 Å². The second-order valence-electron chi connectivity index (χ2n) is 15.9. The maximum Gasteiger partial charge on any atom is 0.407 e. The Kier molecular flexibility index (Phi) is 5.79. The van der Waals surface area contributed by atoms with Gasteiger partial charge in [-0.1, -0.05) is 48.5 Å². The number of fused-ring (bicyclic) bond motifs is 4. The molecule has 1 heterocycles. The molecular weight excluding hydrogens is 462 g/mol. The summed E-state index contributed by atoms with van der Waals surface area (Å²) in [7, 11) is 1.63. The molecule has 5 aliphatic carbocycles. The monoisotopic (exact) mass is 515 g/mol. The van der Waals surface area contributed by atoms with Gasteiger partial charge in [-0.2, -0.15) is 0 Å². The first kappa shape index (κ1) is 26.4. The number of rotatable bonds is 3. The topological polar surface area (TPSA) is 67.8 Å². The van der Waals surface area contributed by atoms with E-state index in [0.29, 0.717) is 34.0 Å². The molecule has 0 bridgehead atoms. The fourth-order valence-corrected chi connectivity index (χ4v) is 12.4. The lowest BCUT2D eigenvalue weighted by Crippen LogP contribution is -2.58. The lowest BCUT2D eigenvalue weighted by molar-refractivity contribution is -0.175. The third kappa shape index (κ3) is 3.19. The van der Waals surface area contributed by atoms with Crippen molar-refractivity contribution in [3.05, 3.63) is 0 Å². The highest BCUT2D eigenvalue weighted by molar-refractivity contribution is 5.66. The Labute approximate surface area is 225 Å². The molecule has 1 saturated heterocycles. The Hall–Kier alpha value is -0.810. The quantitative estimate of drug-likeness (QED) is 0.446. The predicted octanol–water partition coefficient (Wildman–Crippen LogP) is 6.57. The van der Waals surface area contributed by atoms with Crippen LogP contribution in [-0.2, 0) is 9.47 Å². The predicted molar refractivity (Wildman–Crippen MR) is 145 cm³/mol. The minimum atomic E-state index is -0.352. The van der Waals surface area contributed by atoms with Gasteiger partial charge in [-0.25, -0.2) is 4.79 Å². The maximum atomic E-state index is 12.2. The number of aliphatic hydroxyl groups is 1. The summed E-state index contributed by atoms with van der Waals surface area (Å²) in [6.07, 6.45) is 10.6. The molecule has 1 aliphatic heterocycles. The van der Waals surface area contributed by atoms with Crippen molar-refractivity contribution in [2.24, 2.45) is 56.7 Å². The first-order chi connectivity index (χ1) is 17.3. The van der Waals surface area contributed by atoms with Crippen molar-refractivity contribution in [2.75, 3.05) is 7.05 Å². The van der Waals surface area contributed by atoms with Gasteiger partial charge in [0.2, 0.25) is 0 Å². The molecule has 5 heteroatoms. The van der Waals surface area contributed by atoms with Crippen LogP contribution in [0.5, 0.6) is 0 Å². The van der Waals surface area contributed by atoms with Crippen LogP contribution in [-0.4, -0.2) is 42.7 Å². The highest BCUT2D eigenvalue weighted by atomic mass is 16.6. The number of hydrogen-bond donors (Lipinski definition) is 2. The van der Waals surface area contributed by atoms with Gasteiger partial charge in [0.1, 0.15) is 6.10 Å². The fraction of sp³-hybridized carbons (Fsp3) is 0.969. The molecule has 37 heavy (non-hydrogen) atoms. The minimum Gasteiger partial charge on any atom is -0.443 e. The second kappa shape index (κ2) is 8.12. The standard InChI is InChI=1S/C32H53NO4/c1-18(2)26(37-27(35)33-8)20-15-19(3)25-21(36-20)16-30(7)23-10-9-22-28(4,5)24(34)11-12-31(22)17-32(23,31)14-13-29(25,30)6/h18-26,34H,9-17H2,1-8H3,(H,33,35). The molecule has 6 aliphatic rings. The molecular formula is C32H53NO4. The zero-order chi connectivity index (χ0) is 26.8. The fourth-order valence-electron chi connectivity index (χ4n) is 12.4. The van der Waals surface area contributed by atoms with Gasteiger partial charge in [0.05, 0.1) is 18.3 Å². The van der Waals surface area contributed by atoms with Gasteiger partial charge < -0.3 is 19.9 Å². The van der Waals surface area contributed by atoms with E-state index in [1.165, 1.54) is 38.5 Å². The Morgan fingerprint density at radius 1 is 1.00 bits per heavy atom. The van der Waals surface area contributed by atoms with Crippen molar-refractivity contribution in [3.8, 4) is 0 Å². The van der Waals surface area contributed by atoms with E-state index in [-0.39, 0.29) is 47.3 Å². The number of hydrogen-bond acceptors (Lipinski definition) is 4. The summed E-state index contributed by atoms with van der Waals surface area (Å²) in [5.41, 5.74) is 1.58. The largest absolute Gasteiger partial charge is 0.443 e. The number of alkyl carbamates (subject to hydrolysis) is 1.